The Morgan fingerprint density at radius 1 is 1.33 bits per heavy atom. The van der Waals surface area contributed by atoms with Crippen molar-refractivity contribution in [3.63, 3.8) is 0 Å². The van der Waals surface area contributed by atoms with Crippen LogP contribution in [0.25, 0.3) is 0 Å². The summed E-state index contributed by atoms with van der Waals surface area (Å²) >= 11 is 5.74. The van der Waals surface area contributed by atoms with Gasteiger partial charge in [0.25, 0.3) is 0 Å². The number of rotatable bonds is 4. The van der Waals surface area contributed by atoms with Crippen LogP contribution in [0.5, 0.6) is 0 Å². The van der Waals surface area contributed by atoms with Crippen molar-refractivity contribution in [2.45, 2.75) is 6.92 Å². The van der Waals surface area contributed by atoms with E-state index in [2.05, 4.69) is 5.32 Å². The molecule has 1 rings (SSSR count). The lowest BCUT2D eigenvalue weighted by atomic mass is 10.3. The molecule has 0 bridgehead atoms. The summed E-state index contributed by atoms with van der Waals surface area (Å²) in [5.41, 5.74) is 0.649. The number of halogens is 1. The van der Waals surface area contributed by atoms with E-state index in [4.69, 9.17) is 11.6 Å². The molecule has 4 nitrogen and oxygen atoms in total. The summed E-state index contributed by atoms with van der Waals surface area (Å²) in [5, 5.41) is 3.29. The summed E-state index contributed by atoms with van der Waals surface area (Å²) in [4.78, 5) is 24.4. The van der Waals surface area contributed by atoms with Crippen LogP contribution in [-0.2, 0) is 9.59 Å². The Bertz CT molecular complexity index is 455. The molecule has 0 unspecified atom stereocenters. The molecule has 18 heavy (non-hydrogen) atoms. The maximum absolute atomic E-state index is 11.7. The fourth-order valence-corrected chi connectivity index (χ4v) is 1.42. The number of carbonyl (C=O) groups is 2. The predicted molar refractivity (Wildman–Crippen MR) is 72.5 cm³/mol. The summed E-state index contributed by atoms with van der Waals surface area (Å²) in [6.45, 7) is 1.76. The molecule has 0 aliphatic heterocycles. The predicted octanol–water partition coefficient (Wildman–Crippen LogP) is 2.31. The molecule has 0 radical (unpaired) electrons. The van der Waals surface area contributed by atoms with E-state index in [0.29, 0.717) is 10.7 Å². The number of carbonyl (C=O) groups excluding carboxylic acids is 2. The molecular formula is C13H15ClN2O2. The summed E-state index contributed by atoms with van der Waals surface area (Å²) in [6, 6.07) is 6.78. The van der Waals surface area contributed by atoms with Gasteiger partial charge < -0.3 is 10.2 Å². The van der Waals surface area contributed by atoms with Crippen molar-refractivity contribution in [1.29, 1.82) is 0 Å². The van der Waals surface area contributed by atoms with Gasteiger partial charge in [0.2, 0.25) is 11.8 Å². The van der Waals surface area contributed by atoms with E-state index in [-0.39, 0.29) is 18.4 Å². The highest BCUT2D eigenvalue weighted by atomic mass is 35.5. The summed E-state index contributed by atoms with van der Waals surface area (Å²) < 4.78 is 0. The van der Waals surface area contributed by atoms with Crippen molar-refractivity contribution < 1.29 is 9.59 Å². The minimum absolute atomic E-state index is 0.00575. The molecule has 1 aromatic carbocycles. The molecule has 0 aliphatic rings. The number of hydrogen-bond acceptors (Lipinski definition) is 2. The Kier molecular flexibility index (Phi) is 5.39. The standard InChI is InChI=1S/C13H15ClN2O2/c1-3-4-13(18)16(2)9-12(17)15-11-7-5-10(14)6-8-11/h3-8H,9H2,1-2H3,(H,15,17)/b4-3+. The fourth-order valence-electron chi connectivity index (χ4n) is 1.30. The van der Waals surface area contributed by atoms with Crippen LogP contribution in [0.1, 0.15) is 6.92 Å². The van der Waals surface area contributed by atoms with Gasteiger partial charge in [-0.05, 0) is 37.3 Å². The van der Waals surface area contributed by atoms with Crippen LogP contribution in [0.3, 0.4) is 0 Å². The van der Waals surface area contributed by atoms with Gasteiger partial charge in [-0.1, -0.05) is 17.7 Å². The van der Waals surface area contributed by atoms with Crippen LogP contribution in [0.4, 0.5) is 5.69 Å². The SMILES string of the molecule is C/C=C/C(=O)N(C)CC(=O)Nc1ccc(Cl)cc1. The number of nitrogens with one attached hydrogen (secondary N) is 1. The smallest absolute Gasteiger partial charge is 0.246 e. The average molecular weight is 267 g/mol. The first kappa shape index (κ1) is 14.3. The molecule has 0 atom stereocenters. The first-order valence-corrected chi connectivity index (χ1v) is 5.84. The van der Waals surface area contributed by atoms with Crippen molar-refractivity contribution in [1.82, 2.24) is 4.90 Å². The molecular weight excluding hydrogens is 252 g/mol. The number of likely N-dealkylation sites (N-methyl/N-ethyl adjacent to an activating group) is 1. The summed E-state index contributed by atoms with van der Waals surface area (Å²) in [5.74, 6) is -0.457. The van der Waals surface area contributed by atoms with Gasteiger partial charge in [-0.15, -0.1) is 0 Å². The maximum atomic E-state index is 11.7. The van der Waals surface area contributed by atoms with Crippen molar-refractivity contribution in [2.24, 2.45) is 0 Å². The van der Waals surface area contributed by atoms with Crippen LogP contribution < -0.4 is 5.32 Å². The number of amides is 2. The molecule has 0 spiro atoms. The van der Waals surface area contributed by atoms with Crippen molar-refractivity contribution in [2.75, 3.05) is 18.9 Å². The monoisotopic (exact) mass is 266 g/mol. The molecule has 1 N–H and O–H groups in total. The van der Waals surface area contributed by atoms with Crippen molar-refractivity contribution in [3.8, 4) is 0 Å². The van der Waals surface area contributed by atoms with E-state index in [9.17, 15) is 9.59 Å². The van der Waals surface area contributed by atoms with E-state index in [1.807, 2.05) is 0 Å². The first-order chi connectivity index (χ1) is 8.52. The van der Waals surface area contributed by atoms with Crippen LogP contribution in [-0.4, -0.2) is 30.3 Å². The molecule has 0 aliphatic carbocycles. The lowest BCUT2D eigenvalue weighted by Gasteiger charge is -2.14. The Morgan fingerprint density at radius 3 is 2.50 bits per heavy atom. The Hall–Kier alpha value is -1.81. The minimum atomic E-state index is -0.252. The van der Waals surface area contributed by atoms with Gasteiger partial charge in [0.15, 0.2) is 0 Å². The summed E-state index contributed by atoms with van der Waals surface area (Å²) in [7, 11) is 1.57. The minimum Gasteiger partial charge on any atom is -0.333 e. The van der Waals surface area contributed by atoms with E-state index >= 15 is 0 Å². The van der Waals surface area contributed by atoms with Crippen LogP contribution in [0, 0.1) is 0 Å². The second-order valence-electron chi connectivity index (χ2n) is 3.75. The second-order valence-corrected chi connectivity index (χ2v) is 4.19. The molecule has 96 valence electrons. The molecule has 0 heterocycles. The van der Waals surface area contributed by atoms with E-state index in [1.165, 1.54) is 11.0 Å². The van der Waals surface area contributed by atoms with E-state index in [0.717, 1.165) is 0 Å². The molecule has 5 heteroatoms. The normalized spacial score (nSPS) is 10.4. The van der Waals surface area contributed by atoms with Gasteiger partial charge in [0, 0.05) is 17.8 Å². The lowest BCUT2D eigenvalue weighted by molar-refractivity contribution is -0.129. The topological polar surface area (TPSA) is 49.4 Å². The Labute approximate surface area is 111 Å². The van der Waals surface area contributed by atoms with Gasteiger partial charge in [-0.25, -0.2) is 0 Å². The van der Waals surface area contributed by atoms with Crippen LogP contribution in [0.2, 0.25) is 5.02 Å². The van der Waals surface area contributed by atoms with E-state index < -0.39 is 0 Å². The molecule has 0 fully saturated rings. The highest BCUT2D eigenvalue weighted by molar-refractivity contribution is 6.30. The largest absolute Gasteiger partial charge is 0.333 e. The second kappa shape index (κ2) is 6.81. The highest BCUT2D eigenvalue weighted by Crippen LogP contribution is 2.13. The number of allylic oxidation sites excluding steroid dienone is 1. The van der Waals surface area contributed by atoms with Crippen LogP contribution >= 0.6 is 11.6 Å². The number of hydrogen-bond donors (Lipinski definition) is 1. The van der Waals surface area contributed by atoms with Gasteiger partial charge in [-0.3, -0.25) is 9.59 Å². The third-order valence-electron chi connectivity index (χ3n) is 2.19. The molecule has 0 aromatic heterocycles. The summed E-state index contributed by atoms with van der Waals surface area (Å²) in [6.07, 6.45) is 3.05. The Morgan fingerprint density at radius 2 is 1.94 bits per heavy atom. The van der Waals surface area contributed by atoms with Gasteiger partial charge in [0.05, 0.1) is 6.54 Å². The number of nitrogens with zero attached hydrogens (tertiary/aromatic N) is 1. The molecule has 0 saturated carbocycles. The molecule has 2 amide bonds. The number of benzene rings is 1. The van der Waals surface area contributed by atoms with Gasteiger partial charge in [-0.2, -0.15) is 0 Å². The Balaban J connectivity index is 2.51. The lowest BCUT2D eigenvalue weighted by Crippen LogP contribution is -2.33. The van der Waals surface area contributed by atoms with Crippen molar-refractivity contribution in [3.05, 3.63) is 41.4 Å². The van der Waals surface area contributed by atoms with Gasteiger partial charge >= 0.3 is 0 Å². The zero-order valence-electron chi connectivity index (χ0n) is 10.3. The van der Waals surface area contributed by atoms with E-state index in [1.54, 1.807) is 44.3 Å². The van der Waals surface area contributed by atoms with Crippen LogP contribution in [0.15, 0.2) is 36.4 Å². The zero-order chi connectivity index (χ0) is 13.5. The number of anilines is 1. The molecule has 0 saturated heterocycles. The highest BCUT2D eigenvalue weighted by Gasteiger charge is 2.10. The van der Waals surface area contributed by atoms with Gasteiger partial charge in [0.1, 0.15) is 0 Å². The van der Waals surface area contributed by atoms with Crippen molar-refractivity contribution >= 4 is 29.1 Å². The zero-order valence-corrected chi connectivity index (χ0v) is 11.1. The quantitative estimate of drug-likeness (QED) is 0.851. The fraction of sp³-hybridized carbons (Fsp3) is 0.231. The molecule has 1 aromatic rings. The average Bonchev–Trinajstić information content (AvgIpc) is 2.32. The maximum Gasteiger partial charge on any atom is 0.246 e. The first-order valence-electron chi connectivity index (χ1n) is 5.46. The third kappa shape index (κ3) is 4.59. The third-order valence-corrected chi connectivity index (χ3v) is 2.45.